The van der Waals surface area contributed by atoms with Crippen LogP contribution in [-0.4, -0.2) is 12.6 Å². The highest BCUT2D eigenvalue weighted by Crippen LogP contribution is 2.25. The van der Waals surface area contributed by atoms with Crippen LogP contribution in [0.5, 0.6) is 0 Å². The Kier molecular flexibility index (Phi) is 5.91. The molecule has 22 heavy (non-hydrogen) atoms. The highest BCUT2D eigenvalue weighted by Gasteiger charge is 2.28. The van der Waals surface area contributed by atoms with Crippen molar-refractivity contribution in [3.05, 3.63) is 34.6 Å². The third kappa shape index (κ3) is 4.18. The van der Waals surface area contributed by atoms with Crippen LogP contribution in [0.2, 0.25) is 0 Å². The standard InChI is InChI=1S/C15H17F5O2/c1-4-5-15(2,3)7-22-9(21)6-8-10(16)12(18)14(20)13(19)11(8)17/h4-7H2,1-3H3. The Morgan fingerprint density at radius 2 is 1.41 bits per heavy atom. The predicted molar refractivity (Wildman–Crippen MR) is 69.6 cm³/mol. The minimum Gasteiger partial charge on any atom is -0.465 e. The molecule has 0 saturated carbocycles. The number of carbonyl (C=O) groups is 1. The van der Waals surface area contributed by atoms with Crippen LogP contribution in [-0.2, 0) is 16.0 Å². The average Bonchev–Trinajstić information content (AvgIpc) is 2.45. The molecule has 0 radical (unpaired) electrons. The molecule has 0 N–H and O–H groups in total. The number of hydrogen-bond acceptors (Lipinski definition) is 2. The van der Waals surface area contributed by atoms with Crippen molar-refractivity contribution in [2.24, 2.45) is 5.41 Å². The number of esters is 1. The highest BCUT2D eigenvalue weighted by atomic mass is 19.2. The lowest BCUT2D eigenvalue weighted by atomic mass is 9.89. The summed E-state index contributed by atoms with van der Waals surface area (Å²) < 4.78 is 70.6. The van der Waals surface area contributed by atoms with Gasteiger partial charge in [0.25, 0.3) is 0 Å². The zero-order chi connectivity index (χ0) is 17.1. The fourth-order valence-corrected chi connectivity index (χ4v) is 2.03. The summed E-state index contributed by atoms with van der Waals surface area (Å²) >= 11 is 0. The van der Waals surface area contributed by atoms with Gasteiger partial charge in [0.05, 0.1) is 13.0 Å². The van der Waals surface area contributed by atoms with Gasteiger partial charge in [-0.1, -0.05) is 27.2 Å². The van der Waals surface area contributed by atoms with E-state index in [1.807, 2.05) is 20.8 Å². The van der Waals surface area contributed by atoms with Gasteiger partial charge < -0.3 is 4.74 Å². The SMILES string of the molecule is CCCC(C)(C)COC(=O)Cc1c(F)c(F)c(F)c(F)c1F. The van der Waals surface area contributed by atoms with Gasteiger partial charge in [-0.2, -0.15) is 0 Å². The van der Waals surface area contributed by atoms with Gasteiger partial charge in [0.1, 0.15) is 0 Å². The first kappa shape index (κ1) is 18.4. The lowest BCUT2D eigenvalue weighted by molar-refractivity contribution is -0.146. The maximum absolute atomic E-state index is 13.4. The monoisotopic (exact) mass is 324 g/mol. The number of ether oxygens (including phenoxy) is 1. The number of hydrogen-bond donors (Lipinski definition) is 0. The van der Waals surface area contributed by atoms with Crippen molar-refractivity contribution in [2.45, 2.75) is 40.0 Å². The van der Waals surface area contributed by atoms with Gasteiger partial charge in [-0.15, -0.1) is 0 Å². The molecule has 0 spiro atoms. The Morgan fingerprint density at radius 1 is 0.955 bits per heavy atom. The second-order valence-corrected chi connectivity index (χ2v) is 5.80. The highest BCUT2D eigenvalue weighted by molar-refractivity contribution is 5.72. The molecule has 0 unspecified atom stereocenters. The molecule has 0 aliphatic heterocycles. The molecule has 0 fully saturated rings. The van der Waals surface area contributed by atoms with Crippen LogP contribution in [0.3, 0.4) is 0 Å². The van der Waals surface area contributed by atoms with Gasteiger partial charge >= 0.3 is 5.97 Å². The van der Waals surface area contributed by atoms with Crippen LogP contribution in [0.4, 0.5) is 22.0 Å². The topological polar surface area (TPSA) is 26.3 Å². The summed E-state index contributed by atoms with van der Waals surface area (Å²) in [5.41, 5.74) is -1.52. The quantitative estimate of drug-likeness (QED) is 0.338. The van der Waals surface area contributed by atoms with E-state index < -0.39 is 47.0 Å². The summed E-state index contributed by atoms with van der Waals surface area (Å²) in [6.45, 7) is 5.61. The van der Waals surface area contributed by atoms with E-state index in [-0.39, 0.29) is 12.0 Å². The van der Waals surface area contributed by atoms with Crippen molar-refractivity contribution in [1.29, 1.82) is 0 Å². The summed E-state index contributed by atoms with van der Waals surface area (Å²) in [6, 6.07) is 0. The van der Waals surface area contributed by atoms with Crippen LogP contribution in [0.1, 0.15) is 39.2 Å². The molecule has 2 nitrogen and oxygen atoms in total. The lowest BCUT2D eigenvalue weighted by Crippen LogP contribution is -2.23. The van der Waals surface area contributed by atoms with E-state index in [9.17, 15) is 26.7 Å². The molecule has 0 heterocycles. The summed E-state index contributed by atoms with van der Waals surface area (Å²) in [5, 5.41) is 0. The average molecular weight is 324 g/mol. The third-order valence-electron chi connectivity index (χ3n) is 3.17. The maximum Gasteiger partial charge on any atom is 0.310 e. The van der Waals surface area contributed by atoms with Crippen molar-refractivity contribution < 1.29 is 31.5 Å². The number of benzene rings is 1. The summed E-state index contributed by atoms with van der Waals surface area (Å²) in [6.07, 6.45) is 0.582. The van der Waals surface area contributed by atoms with Crippen molar-refractivity contribution in [3.63, 3.8) is 0 Å². The van der Waals surface area contributed by atoms with Crippen LogP contribution < -0.4 is 0 Å². The largest absolute Gasteiger partial charge is 0.465 e. The van der Waals surface area contributed by atoms with Gasteiger partial charge in [0, 0.05) is 5.56 Å². The van der Waals surface area contributed by atoms with Crippen LogP contribution in [0, 0.1) is 34.5 Å². The summed E-state index contributed by atoms with van der Waals surface area (Å²) in [5.74, 6) is -11.5. The van der Waals surface area contributed by atoms with E-state index in [1.54, 1.807) is 0 Å². The molecular formula is C15H17F5O2. The van der Waals surface area contributed by atoms with Crippen LogP contribution in [0.25, 0.3) is 0 Å². The molecule has 0 saturated heterocycles. The Hall–Kier alpha value is -1.66. The zero-order valence-electron chi connectivity index (χ0n) is 12.5. The van der Waals surface area contributed by atoms with E-state index >= 15 is 0 Å². The molecule has 1 rings (SSSR count). The Morgan fingerprint density at radius 3 is 1.86 bits per heavy atom. The normalized spacial score (nSPS) is 11.6. The molecule has 1 aromatic rings. The first-order chi connectivity index (χ1) is 10.1. The van der Waals surface area contributed by atoms with Crippen molar-refractivity contribution in [3.8, 4) is 0 Å². The van der Waals surface area contributed by atoms with Crippen molar-refractivity contribution in [1.82, 2.24) is 0 Å². The van der Waals surface area contributed by atoms with E-state index in [4.69, 9.17) is 4.74 Å². The smallest absolute Gasteiger partial charge is 0.310 e. The van der Waals surface area contributed by atoms with Gasteiger partial charge in [0.2, 0.25) is 5.82 Å². The van der Waals surface area contributed by atoms with Crippen molar-refractivity contribution >= 4 is 5.97 Å². The van der Waals surface area contributed by atoms with E-state index in [0.29, 0.717) is 0 Å². The molecular weight excluding hydrogens is 307 g/mol. The van der Waals surface area contributed by atoms with E-state index in [2.05, 4.69) is 0 Å². The minimum atomic E-state index is -2.25. The fraction of sp³-hybridized carbons (Fsp3) is 0.533. The van der Waals surface area contributed by atoms with E-state index in [1.165, 1.54) is 0 Å². The molecule has 0 aliphatic rings. The van der Waals surface area contributed by atoms with Crippen LogP contribution in [0.15, 0.2) is 0 Å². The van der Waals surface area contributed by atoms with Gasteiger partial charge in [-0.25, -0.2) is 22.0 Å². The zero-order valence-corrected chi connectivity index (χ0v) is 12.5. The van der Waals surface area contributed by atoms with Gasteiger partial charge in [-0.05, 0) is 11.8 Å². The predicted octanol–water partition coefficient (Wildman–Crippen LogP) is 4.29. The maximum atomic E-state index is 13.4. The Bertz CT molecular complexity index is 541. The van der Waals surface area contributed by atoms with E-state index in [0.717, 1.165) is 12.8 Å². The lowest BCUT2D eigenvalue weighted by Gasteiger charge is -2.23. The molecule has 0 aliphatic carbocycles. The second-order valence-electron chi connectivity index (χ2n) is 5.80. The van der Waals surface area contributed by atoms with Gasteiger partial charge in [0.15, 0.2) is 23.3 Å². The molecule has 7 heteroatoms. The molecule has 0 aromatic heterocycles. The molecule has 124 valence electrons. The summed E-state index contributed by atoms with van der Waals surface area (Å²) in [4.78, 5) is 11.6. The minimum absolute atomic E-state index is 0.00489. The molecule has 1 aromatic carbocycles. The molecule has 0 amide bonds. The second kappa shape index (κ2) is 7.07. The third-order valence-corrected chi connectivity index (χ3v) is 3.17. The number of halogens is 5. The first-order valence-corrected chi connectivity index (χ1v) is 6.76. The Labute approximate surface area is 125 Å². The number of rotatable bonds is 6. The van der Waals surface area contributed by atoms with Crippen LogP contribution >= 0.6 is 0 Å². The van der Waals surface area contributed by atoms with Crippen molar-refractivity contribution in [2.75, 3.05) is 6.61 Å². The number of carbonyl (C=O) groups excluding carboxylic acids is 1. The van der Waals surface area contributed by atoms with Gasteiger partial charge in [-0.3, -0.25) is 4.79 Å². The fourth-order valence-electron chi connectivity index (χ4n) is 2.03. The molecule has 0 atom stereocenters. The summed E-state index contributed by atoms with van der Waals surface area (Å²) in [7, 11) is 0. The molecule has 0 bridgehead atoms. The first-order valence-electron chi connectivity index (χ1n) is 6.76. The Balaban J connectivity index is 2.86.